The van der Waals surface area contributed by atoms with E-state index in [1.54, 1.807) is 12.1 Å². The van der Waals surface area contributed by atoms with Gasteiger partial charge in [0.2, 0.25) is 0 Å². The maximum absolute atomic E-state index is 12.5. The molecule has 1 amide bonds. The number of carbonyl (C=O) groups is 1. The summed E-state index contributed by atoms with van der Waals surface area (Å²) >= 11 is 0. The van der Waals surface area contributed by atoms with Crippen molar-refractivity contribution >= 4 is 17.3 Å². The highest BCUT2D eigenvalue weighted by Gasteiger charge is 2.24. The van der Waals surface area contributed by atoms with Gasteiger partial charge in [0.25, 0.3) is 11.6 Å². The molecule has 0 saturated carbocycles. The van der Waals surface area contributed by atoms with Crippen LogP contribution in [0.1, 0.15) is 28.8 Å². The summed E-state index contributed by atoms with van der Waals surface area (Å²) in [6.45, 7) is 2.91. The molecule has 0 aliphatic carbocycles. The van der Waals surface area contributed by atoms with Crippen molar-refractivity contribution in [2.45, 2.75) is 19.4 Å². The summed E-state index contributed by atoms with van der Waals surface area (Å²) in [6, 6.07) is 10.2. The second-order valence-electron chi connectivity index (χ2n) is 6.82. The summed E-state index contributed by atoms with van der Waals surface area (Å²) in [5.41, 5.74) is 1.67. The second kappa shape index (κ2) is 7.75. The molecule has 1 saturated heterocycles. The number of carbonyl (C=O) groups excluding carboxylic acids is 1. The number of hydrogen-bond donors (Lipinski definition) is 1. The molecule has 0 radical (unpaired) electrons. The third kappa shape index (κ3) is 3.71. The van der Waals surface area contributed by atoms with E-state index in [-0.39, 0.29) is 23.7 Å². The minimum Gasteiger partial charge on any atom is -0.486 e. The molecule has 0 spiro atoms. The summed E-state index contributed by atoms with van der Waals surface area (Å²) < 4.78 is 11.0. The van der Waals surface area contributed by atoms with Crippen LogP contribution in [0, 0.1) is 10.1 Å². The molecule has 2 aromatic rings. The number of hydrogen-bond acceptors (Lipinski definition) is 6. The van der Waals surface area contributed by atoms with E-state index in [9.17, 15) is 14.9 Å². The molecule has 8 nitrogen and oxygen atoms in total. The number of fused-ring (bicyclic) bond motifs is 1. The number of nitrogens with one attached hydrogen (secondary N) is 1. The topological polar surface area (TPSA) is 93.9 Å². The standard InChI is InChI=1S/C20H21N3O5/c24-20(21-13-14-3-6-18-19(11-14)28-10-9-27-18)15-4-5-16(17(12-15)23(25)26)22-7-1-2-8-22/h3-6,11-12H,1-2,7-10,13H2,(H,21,24). The first-order chi connectivity index (χ1) is 13.6. The third-order valence-corrected chi connectivity index (χ3v) is 4.94. The van der Waals surface area contributed by atoms with E-state index < -0.39 is 4.92 Å². The van der Waals surface area contributed by atoms with Crippen LogP contribution in [-0.4, -0.2) is 37.1 Å². The molecule has 2 heterocycles. The molecule has 4 rings (SSSR count). The van der Waals surface area contributed by atoms with Crippen molar-refractivity contribution in [2.24, 2.45) is 0 Å². The average Bonchev–Trinajstić information content (AvgIpc) is 3.26. The fourth-order valence-corrected chi connectivity index (χ4v) is 3.52. The van der Waals surface area contributed by atoms with E-state index >= 15 is 0 Å². The summed E-state index contributed by atoms with van der Waals surface area (Å²) in [5.74, 6) is 0.990. The lowest BCUT2D eigenvalue weighted by Crippen LogP contribution is -2.24. The summed E-state index contributed by atoms with van der Waals surface area (Å²) in [5, 5.41) is 14.3. The Bertz CT molecular complexity index is 909. The van der Waals surface area contributed by atoms with Gasteiger partial charge in [-0.25, -0.2) is 0 Å². The molecule has 2 aliphatic rings. The van der Waals surface area contributed by atoms with Crippen LogP contribution in [0.2, 0.25) is 0 Å². The fraction of sp³-hybridized carbons (Fsp3) is 0.350. The summed E-state index contributed by atoms with van der Waals surface area (Å²) in [6.07, 6.45) is 2.05. The largest absolute Gasteiger partial charge is 0.486 e. The molecule has 1 N–H and O–H groups in total. The van der Waals surface area contributed by atoms with Crippen molar-refractivity contribution in [3.8, 4) is 11.5 Å². The molecule has 28 heavy (non-hydrogen) atoms. The van der Waals surface area contributed by atoms with E-state index in [0.717, 1.165) is 31.5 Å². The van der Waals surface area contributed by atoms with Crippen LogP contribution in [0.25, 0.3) is 0 Å². The Morgan fingerprint density at radius 3 is 2.57 bits per heavy atom. The first-order valence-corrected chi connectivity index (χ1v) is 9.32. The monoisotopic (exact) mass is 383 g/mol. The van der Waals surface area contributed by atoms with Crippen molar-refractivity contribution in [1.82, 2.24) is 5.32 Å². The van der Waals surface area contributed by atoms with E-state index in [4.69, 9.17) is 9.47 Å². The van der Waals surface area contributed by atoms with Gasteiger partial charge in [-0.2, -0.15) is 0 Å². The second-order valence-corrected chi connectivity index (χ2v) is 6.82. The maximum Gasteiger partial charge on any atom is 0.293 e. The number of ether oxygens (including phenoxy) is 2. The van der Waals surface area contributed by atoms with Gasteiger partial charge >= 0.3 is 0 Å². The average molecular weight is 383 g/mol. The van der Waals surface area contributed by atoms with Gasteiger partial charge in [0, 0.05) is 31.3 Å². The number of nitro groups is 1. The molecule has 0 bridgehead atoms. The molecule has 1 fully saturated rings. The normalized spacial score (nSPS) is 15.4. The summed E-state index contributed by atoms with van der Waals surface area (Å²) in [4.78, 5) is 25.6. The molecule has 0 atom stereocenters. The van der Waals surface area contributed by atoms with Crippen molar-refractivity contribution in [1.29, 1.82) is 0 Å². The molecule has 8 heteroatoms. The van der Waals surface area contributed by atoms with Gasteiger partial charge in [-0.3, -0.25) is 14.9 Å². The molecular formula is C20H21N3O5. The van der Waals surface area contributed by atoms with E-state index in [0.29, 0.717) is 30.4 Å². The Morgan fingerprint density at radius 2 is 1.82 bits per heavy atom. The Morgan fingerprint density at radius 1 is 1.07 bits per heavy atom. The highest BCUT2D eigenvalue weighted by atomic mass is 16.6. The third-order valence-electron chi connectivity index (χ3n) is 4.94. The minimum atomic E-state index is -0.425. The smallest absolute Gasteiger partial charge is 0.293 e. The predicted molar refractivity (Wildman–Crippen MR) is 103 cm³/mol. The van der Waals surface area contributed by atoms with Crippen molar-refractivity contribution in [2.75, 3.05) is 31.2 Å². The van der Waals surface area contributed by atoms with E-state index in [1.807, 2.05) is 23.1 Å². The number of benzene rings is 2. The van der Waals surface area contributed by atoms with Crippen LogP contribution >= 0.6 is 0 Å². The lowest BCUT2D eigenvalue weighted by atomic mass is 10.1. The zero-order valence-corrected chi connectivity index (χ0v) is 15.3. The SMILES string of the molecule is O=C(NCc1ccc2c(c1)OCCO2)c1ccc(N2CCCC2)c([N+](=O)[O-])c1. The van der Waals surface area contributed by atoms with Crippen LogP contribution in [0.15, 0.2) is 36.4 Å². The van der Waals surface area contributed by atoms with Gasteiger partial charge in [-0.15, -0.1) is 0 Å². The first kappa shape index (κ1) is 18.1. The quantitative estimate of drug-likeness (QED) is 0.630. The van der Waals surface area contributed by atoms with Crippen LogP contribution in [0.5, 0.6) is 11.5 Å². The summed E-state index contributed by atoms with van der Waals surface area (Å²) in [7, 11) is 0. The molecule has 146 valence electrons. The number of amides is 1. The Balaban J connectivity index is 1.47. The van der Waals surface area contributed by atoms with Gasteiger partial charge in [0.05, 0.1) is 4.92 Å². The van der Waals surface area contributed by atoms with Crippen molar-refractivity contribution in [3.05, 3.63) is 57.6 Å². The van der Waals surface area contributed by atoms with Gasteiger partial charge in [-0.05, 0) is 42.7 Å². The Kier molecular flexibility index (Phi) is 5.01. The lowest BCUT2D eigenvalue weighted by molar-refractivity contribution is -0.384. The lowest BCUT2D eigenvalue weighted by Gasteiger charge is -2.19. The molecule has 2 aromatic carbocycles. The predicted octanol–water partition coefficient (Wildman–Crippen LogP) is 2.90. The zero-order valence-electron chi connectivity index (χ0n) is 15.3. The van der Waals surface area contributed by atoms with E-state index in [2.05, 4.69) is 5.32 Å². The molecule has 0 unspecified atom stereocenters. The molecular weight excluding hydrogens is 362 g/mol. The highest BCUT2D eigenvalue weighted by molar-refractivity contribution is 5.95. The fourth-order valence-electron chi connectivity index (χ4n) is 3.52. The van der Waals surface area contributed by atoms with Gasteiger partial charge in [0.1, 0.15) is 18.9 Å². The molecule has 0 aromatic heterocycles. The van der Waals surface area contributed by atoms with Crippen LogP contribution < -0.4 is 19.7 Å². The van der Waals surface area contributed by atoms with Crippen LogP contribution in [-0.2, 0) is 6.54 Å². The van der Waals surface area contributed by atoms with Crippen molar-refractivity contribution < 1.29 is 19.2 Å². The number of nitrogens with zero attached hydrogens (tertiary/aromatic N) is 2. The number of anilines is 1. The highest BCUT2D eigenvalue weighted by Crippen LogP contribution is 2.32. The van der Waals surface area contributed by atoms with Crippen LogP contribution in [0.4, 0.5) is 11.4 Å². The van der Waals surface area contributed by atoms with Gasteiger partial charge in [0.15, 0.2) is 11.5 Å². The first-order valence-electron chi connectivity index (χ1n) is 9.32. The molecule has 2 aliphatic heterocycles. The van der Waals surface area contributed by atoms with Gasteiger partial charge in [-0.1, -0.05) is 6.07 Å². The Labute approximate surface area is 162 Å². The maximum atomic E-state index is 12.5. The Hall–Kier alpha value is -3.29. The number of rotatable bonds is 5. The van der Waals surface area contributed by atoms with Crippen molar-refractivity contribution in [3.63, 3.8) is 0 Å². The minimum absolute atomic E-state index is 0.0334. The zero-order chi connectivity index (χ0) is 19.5. The van der Waals surface area contributed by atoms with Crippen LogP contribution in [0.3, 0.4) is 0 Å². The van der Waals surface area contributed by atoms with Gasteiger partial charge < -0.3 is 19.7 Å². The van der Waals surface area contributed by atoms with E-state index in [1.165, 1.54) is 6.07 Å². The number of nitro benzene ring substituents is 1.